The fraction of sp³-hybridized carbons (Fsp3) is 0.435. The number of Topliss-reactive ketones (excluding diaryl/α,β-unsaturated/α-hetero) is 1. The first-order valence-corrected chi connectivity index (χ1v) is 14.1. The Bertz CT molecular complexity index is 1230. The fourth-order valence-corrected chi connectivity index (χ4v) is 5.33. The largest absolute Gasteiger partial charge is 0.369 e. The molecule has 37 heavy (non-hydrogen) atoms. The third-order valence-corrected chi connectivity index (χ3v) is 7.86. The van der Waals surface area contributed by atoms with Crippen molar-refractivity contribution in [1.82, 2.24) is 19.9 Å². The van der Waals surface area contributed by atoms with Gasteiger partial charge in [-0.3, -0.25) is 19.4 Å². The number of guanidine groups is 1. The summed E-state index contributed by atoms with van der Waals surface area (Å²) in [5.74, 6) is -1.41. The van der Waals surface area contributed by atoms with E-state index in [-0.39, 0.29) is 47.1 Å². The molecule has 2 aromatic rings. The van der Waals surface area contributed by atoms with Crippen molar-refractivity contribution in [2.24, 2.45) is 16.5 Å². The third-order valence-electron chi connectivity index (χ3n) is 5.70. The van der Waals surface area contributed by atoms with Crippen LogP contribution in [0.5, 0.6) is 0 Å². The van der Waals surface area contributed by atoms with Gasteiger partial charge in [0.05, 0.1) is 23.5 Å². The highest BCUT2D eigenvalue weighted by molar-refractivity contribution is 7.90. The van der Waals surface area contributed by atoms with Crippen LogP contribution in [0, 0.1) is 6.92 Å². The molecule has 12 nitrogen and oxygen atoms in total. The zero-order valence-electron chi connectivity index (χ0n) is 20.4. The Kier molecular flexibility index (Phi) is 9.72. The molecule has 0 radical (unpaired) electrons. The number of aromatic nitrogens is 1. The van der Waals surface area contributed by atoms with Crippen molar-refractivity contribution >= 4 is 44.9 Å². The zero-order valence-corrected chi connectivity index (χ0v) is 22.1. The van der Waals surface area contributed by atoms with E-state index in [0.29, 0.717) is 25.8 Å². The number of benzene rings is 1. The van der Waals surface area contributed by atoms with Gasteiger partial charge in [-0.2, -0.15) is 0 Å². The number of ketones is 1. The van der Waals surface area contributed by atoms with Gasteiger partial charge < -0.3 is 21.7 Å². The number of rotatable bonds is 11. The SMILES string of the molecule is Cc1ccc(S(=O)(=O)NC(N)=NCCC[C@H](NC(=O)CN2CCC[C@H](N)C2=O)C(=O)c2nccs2)cc1. The number of hydrogen-bond donors (Lipinski definition) is 4. The molecular weight excluding hydrogens is 518 g/mol. The summed E-state index contributed by atoms with van der Waals surface area (Å²) >= 11 is 1.15. The molecular formula is C23H31N7O5S2. The smallest absolute Gasteiger partial charge is 0.264 e. The van der Waals surface area contributed by atoms with E-state index in [9.17, 15) is 22.8 Å². The number of piperidine rings is 1. The van der Waals surface area contributed by atoms with E-state index >= 15 is 0 Å². The predicted octanol–water partition coefficient (Wildman–Crippen LogP) is 0.142. The van der Waals surface area contributed by atoms with Crippen molar-refractivity contribution in [2.75, 3.05) is 19.6 Å². The van der Waals surface area contributed by atoms with E-state index in [0.717, 1.165) is 16.9 Å². The van der Waals surface area contributed by atoms with Gasteiger partial charge >= 0.3 is 0 Å². The molecule has 0 spiro atoms. The summed E-state index contributed by atoms with van der Waals surface area (Å²) in [7, 11) is -3.88. The van der Waals surface area contributed by atoms with Gasteiger partial charge in [0, 0.05) is 24.7 Å². The summed E-state index contributed by atoms with van der Waals surface area (Å²) in [5.41, 5.74) is 12.5. The van der Waals surface area contributed by atoms with Gasteiger partial charge in [0.2, 0.25) is 23.6 Å². The van der Waals surface area contributed by atoms with E-state index < -0.39 is 28.0 Å². The van der Waals surface area contributed by atoms with Crippen LogP contribution in [0.4, 0.5) is 0 Å². The molecule has 0 bridgehead atoms. The molecule has 2 amide bonds. The van der Waals surface area contributed by atoms with Gasteiger partial charge in [-0.15, -0.1) is 11.3 Å². The lowest BCUT2D eigenvalue weighted by Gasteiger charge is -2.30. The Balaban J connectivity index is 1.57. The first kappa shape index (κ1) is 28.2. The highest BCUT2D eigenvalue weighted by Crippen LogP contribution is 2.13. The summed E-state index contributed by atoms with van der Waals surface area (Å²) < 4.78 is 27.1. The first-order valence-electron chi connectivity index (χ1n) is 11.7. The molecule has 1 aliphatic rings. The number of carbonyl (C=O) groups excluding carboxylic acids is 3. The van der Waals surface area contributed by atoms with Crippen molar-refractivity contribution in [2.45, 2.75) is 49.6 Å². The van der Waals surface area contributed by atoms with E-state index in [1.165, 1.54) is 23.2 Å². The normalized spacial score (nSPS) is 17.4. The average molecular weight is 550 g/mol. The molecule has 2 atom stereocenters. The summed E-state index contributed by atoms with van der Waals surface area (Å²) in [6.07, 6.45) is 3.30. The number of carbonyl (C=O) groups is 3. The van der Waals surface area contributed by atoms with Gasteiger partial charge in [0.1, 0.15) is 0 Å². The summed E-state index contributed by atoms with van der Waals surface area (Å²) in [5, 5.41) is 4.60. The van der Waals surface area contributed by atoms with Crippen LogP contribution in [0.15, 0.2) is 45.7 Å². The van der Waals surface area contributed by atoms with Crippen LogP contribution < -0.4 is 21.5 Å². The second-order valence-corrected chi connectivity index (χ2v) is 11.2. The number of nitrogens with zero attached hydrogens (tertiary/aromatic N) is 3. The van der Waals surface area contributed by atoms with Crippen molar-refractivity contribution < 1.29 is 22.8 Å². The minimum absolute atomic E-state index is 0.0567. The molecule has 1 aromatic carbocycles. The monoisotopic (exact) mass is 549 g/mol. The van der Waals surface area contributed by atoms with E-state index in [1.54, 1.807) is 17.5 Å². The Morgan fingerprint density at radius 2 is 2.03 bits per heavy atom. The molecule has 1 aliphatic heterocycles. The van der Waals surface area contributed by atoms with Crippen LogP contribution in [0.25, 0.3) is 0 Å². The number of thiazole rings is 1. The van der Waals surface area contributed by atoms with Gasteiger partial charge in [0.25, 0.3) is 10.0 Å². The van der Waals surface area contributed by atoms with Crippen molar-refractivity contribution in [3.63, 3.8) is 0 Å². The number of aliphatic imine (C=N–C) groups is 1. The second-order valence-electron chi connectivity index (χ2n) is 8.66. The Morgan fingerprint density at radius 1 is 1.30 bits per heavy atom. The number of amides is 2. The topological polar surface area (TPSA) is 190 Å². The summed E-state index contributed by atoms with van der Waals surface area (Å²) in [4.78, 5) is 47.3. The van der Waals surface area contributed by atoms with Gasteiger partial charge in [-0.05, 0) is 44.7 Å². The second kappa shape index (κ2) is 12.7. The molecule has 1 saturated heterocycles. The average Bonchev–Trinajstić information content (AvgIpc) is 3.38. The fourth-order valence-electron chi connectivity index (χ4n) is 3.74. The van der Waals surface area contributed by atoms with E-state index in [2.05, 4.69) is 20.0 Å². The lowest BCUT2D eigenvalue weighted by Crippen LogP contribution is -2.53. The number of nitrogens with two attached hydrogens (primary N) is 2. The molecule has 1 aromatic heterocycles. The molecule has 2 heterocycles. The van der Waals surface area contributed by atoms with Gasteiger partial charge in [-0.25, -0.2) is 18.1 Å². The molecule has 3 rings (SSSR count). The lowest BCUT2D eigenvalue weighted by atomic mass is 10.1. The highest BCUT2D eigenvalue weighted by atomic mass is 32.2. The van der Waals surface area contributed by atoms with E-state index in [1.807, 2.05) is 6.92 Å². The number of sulfonamides is 1. The van der Waals surface area contributed by atoms with Crippen LogP contribution in [-0.2, 0) is 19.6 Å². The van der Waals surface area contributed by atoms with Crippen LogP contribution >= 0.6 is 11.3 Å². The molecule has 200 valence electrons. The minimum atomic E-state index is -3.88. The molecule has 0 unspecified atom stereocenters. The number of nitrogens with one attached hydrogen (secondary N) is 2. The van der Waals surface area contributed by atoms with Crippen LogP contribution in [0.3, 0.4) is 0 Å². The van der Waals surface area contributed by atoms with Crippen LogP contribution in [0.1, 0.15) is 41.0 Å². The Morgan fingerprint density at radius 3 is 2.70 bits per heavy atom. The van der Waals surface area contributed by atoms with Crippen molar-refractivity contribution in [3.8, 4) is 0 Å². The van der Waals surface area contributed by atoms with Crippen LogP contribution in [0.2, 0.25) is 0 Å². The molecule has 0 saturated carbocycles. The number of hydrogen-bond acceptors (Lipinski definition) is 9. The first-order chi connectivity index (χ1) is 17.6. The summed E-state index contributed by atoms with van der Waals surface area (Å²) in [6.45, 7) is 2.19. The molecule has 0 aliphatic carbocycles. The zero-order chi connectivity index (χ0) is 27.0. The number of likely N-dealkylation sites (tertiary alicyclic amines) is 1. The Hall–Kier alpha value is -3.36. The van der Waals surface area contributed by atoms with Gasteiger partial charge in [0.15, 0.2) is 5.01 Å². The minimum Gasteiger partial charge on any atom is -0.369 e. The van der Waals surface area contributed by atoms with Crippen molar-refractivity contribution in [3.05, 3.63) is 46.4 Å². The standard InChI is InChI=1S/C23H31N7O5S2/c1-15-6-8-16(9-7-15)37(34,35)29-23(25)27-10-2-5-18(20(32)21-26-11-13-36-21)28-19(31)14-30-12-3-4-17(24)22(30)33/h6-9,11,13,17-18H,2-5,10,12,14,24H2,1H3,(H,28,31)(H3,25,27,29)/t17-,18-/m0/s1. The Labute approximate surface area is 219 Å². The maximum absolute atomic E-state index is 12.9. The maximum Gasteiger partial charge on any atom is 0.264 e. The molecule has 1 fully saturated rings. The van der Waals surface area contributed by atoms with E-state index in [4.69, 9.17) is 11.5 Å². The van der Waals surface area contributed by atoms with Gasteiger partial charge in [-0.1, -0.05) is 17.7 Å². The summed E-state index contributed by atoms with van der Waals surface area (Å²) in [6, 6.07) is 4.76. The lowest BCUT2D eigenvalue weighted by molar-refractivity contribution is -0.139. The predicted molar refractivity (Wildman–Crippen MR) is 139 cm³/mol. The third kappa shape index (κ3) is 8.06. The van der Waals surface area contributed by atoms with Crippen molar-refractivity contribution in [1.29, 1.82) is 0 Å². The molecule has 14 heteroatoms. The number of aryl methyl sites for hydroxylation is 1. The maximum atomic E-state index is 12.9. The highest BCUT2D eigenvalue weighted by Gasteiger charge is 2.29. The quantitative estimate of drug-likeness (QED) is 0.132. The van der Waals surface area contributed by atoms with Crippen LogP contribution in [-0.4, -0.2) is 73.6 Å². The molecule has 6 N–H and O–H groups in total.